The summed E-state index contributed by atoms with van der Waals surface area (Å²) in [6, 6.07) is 7.55. The molecule has 0 atom stereocenters. The van der Waals surface area contributed by atoms with Gasteiger partial charge in [-0.15, -0.1) is 0 Å². The molecule has 6 nitrogen and oxygen atoms in total. The number of nitrogens with one attached hydrogen (secondary N) is 1. The molecule has 1 aliphatic heterocycles. The molecule has 1 amide bonds. The molecule has 0 unspecified atom stereocenters. The van der Waals surface area contributed by atoms with E-state index < -0.39 is 0 Å². The lowest BCUT2D eigenvalue weighted by Crippen LogP contribution is -2.41. The zero-order valence-electron chi connectivity index (χ0n) is 12.8. The van der Waals surface area contributed by atoms with Gasteiger partial charge >= 0.3 is 0 Å². The van der Waals surface area contributed by atoms with Crippen molar-refractivity contribution in [2.75, 3.05) is 31.1 Å². The van der Waals surface area contributed by atoms with E-state index in [-0.39, 0.29) is 12.5 Å². The van der Waals surface area contributed by atoms with E-state index in [2.05, 4.69) is 16.9 Å². The first kappa shape index (κ1) is 15.9. The zero-order chi connectivity index (χ0) is 15.9. The van der Waals surface area contributed by atoms with Crippen LogP contribution in [0.5, 0.6) is 5.75 Å². The number of anilines is 1. The second-order valence-corrected chi connectivity index (χ2v) is 5.24. The number of benzene rings is 1. The third-order valence-electron chi connectivity index (χ3n) is 3.19. The van der Waals surface area contributed by atoms with Crippen LogP contribution in [0.1, 0.15) is 13.3 Å². The summed E-state index contributed by atoms with van der Waals surface area (Å²) in [6.07, 6.45) is 0.767. The predicted octanol–water partition coefficient (Wildman–Crippen LogP) is 1.28. The SMILES string of the molecule is C=C(C)CN=C(N)NCCCN1C(=O)COc2ccccc21. The van der Waals surface area contributed by atoms with Gasteiger partial charge in [0.05, 0.1) is 12.2 Å². The van der Waals surface area contributed by atoms with E-state index >= 15 is 0 Å². The number of carbonyl (C=O) groups is 1. The molecule has 0 saturated heterocycles. The summed E-state index contributed by atoms with van der Waals surface area (Å²) in [4.78, 5) is 17.9. The quantitative estimate of drug-likeness (QED) is 0.359. The first-order valence-corrected chi connectivity index (χ1v) is 7.28. The number of amides is 1. The highest BCUT2D eigenvalue weighted by molar-refractivity contribution is 5.97. The summed E-state index contributed by atoms with van der Waals surface area (Å²) in [5.41, 5.74) is 7.52. The highest BCUT2D eigenvalue weighted by Crippen LogP contribution is 2.31. The number of nitrogens with two attached hydrogens (primary N) is 1. The molecule has 1 aromatic carbocycles. The highest BCUT2D eigenvalue weighted by atomic mass is 16.5. The molecule has 0 fully saturated rings. The van der Waals surface area contributed by atoms with Crippen LogP contribution in [0, 0.1) is 0 Å². The molecule has 0 spiro atoms. The smallest absolute Gasteiger partial charge is 0.265 e. The minimum Gasteiger partial charge on any atom is -0.482 e. The summed E-state index contributed by atoms with van der Waals surface area (Å²) >= 11 is 0. The topological polar surface area (TPSA) is 80.0 Å². The minimum atomic E-state index is -0.0254. The lowest BCUT2D eigenvalue weighted by Gasteiger charge is -2.29. The van der Waals surface area contributed by atoms with Crippen LogP contribution in [-0.2, 0) is 4.79 Å². The van der Waals surface area contributed by atoms with Gasteiger partial charge in [0, 0.05) is 13.1 Å². The molecule has 0 bridgehead atoms. The predicted molar refractivity (Wildman–Crippen MR) is 88.2 cm³/mol. The van der Waals surface area contributed by atoms with Crippen LogP contribution < -0.4 is 20.7 Å². The second-order valence-electron chi connectivity index (χ2n) is 5.24. The first-order chi connectivity index (χ1) is 10.6. The molecular formula is C16H22N4O2. The van der Waals surface area contributed by atoms with E-state index in [1.54, 1.807) is 4.90 Å². The average Bonchev–Trinajstić information content (AvgIpc) is 2.51. The van der Waals surface area contributed by atoms with Gasteiger partial charge in [0.2, 0.25) is 0 Å². The highest BCUT2D eigenvalue weighted by Gasteiger charge is 2.24. The van der Waals surface area contributed by atoms with Crippen molar-refractivity contribution in [3.63, 3.8) is 0 Å². The molecule has 0 saturated carbocycles. The van der Waals surface area contributed by atoms with Crippen molar-refractivity contribution in [1.29, 1.82) is 0 Å². The number of aliphatic imine (C=N–C) groups is 1. The number of rotatable bonds is 6. The maximum Gasteiger partial charge on any atom is 0.265 e. The third kappa shape index (κ3) is 4.25. The Morgan fingerprint density at radius 3 is 3.05 bits per heavy atom. The van der Waals surface area contributed by atoms with Crippen LogP contribution in [0.3, 0.4) is 0 Å². The van der Waals surface area contributed by atoms with E-state index in [0.29, 0.717) is 25.6 Å². The number of hydrogen-bond acceptors (Lipinski definition) is 3. The normalized spacial score (nSPS) is 14.3. The number of nitrogens with zero attached hydrogens (tertiary/aromatic N) is 2. The lowest BCUT2D eigenvalue weighted by molar-refractivity contribution is -0.121. The molecule has 22 heavy (non-hydrogen) atoms. The van der Waals surface area contributed by atoms with Crippen molar-refractivity contribution in [3.8, 4) is 5.75 Å². The van der Waals surface area contributed by atoms with Gasteiger partial charge in [-0.3, -0.25) is 4.79 Å². The molecule has 0 aromatic heterocycles. The van der Waals surface area contributed by atoms with Gasteiger partial charge in [-0.25, -0.2) is 4.99 Å². The zero-order valence-corrected chi connectivity index (χ0v) is 12.8. The molecule has 1 aromatic rings. The van der Waals surface area contributed by atoms with Crippen molar-refractivity contribution in [1.82, 2.24) is 5.32 Å². The second kappa shape index (κ2) is 7.49. The van der Waals surface area contributed by atoms with E-state index in [0.717, 1.165) is 23.4 Å². The van der Waals surface area contributed by atoms with Crippen molar-refractivity contribution < 1.29 is 9.53 Å². The van der Waals surface area contributed by atoms with Crippen LogP contribution >= 0.6 is 0 Å². The van der Waals surface area contributed by atoms with Crippen LogP contribution in [0.2, 0.25) is 0 Å². The monoisotopic (exact) mass is 302 g/mol. The van der Waals surface area contributed by atoms with E-state index in [1.807, 2.05) is 31.2 Å². The molecule has 0 radical (unpaired) electrons. The molecule has 6 heteroatoms. The molecule has 1 heterocycles. The van der Waals surface area contributed by atoms with Crippen molar-refractivity contribution >= 4 is 17.6 Å². The van der Waals surface area contributed by atoms with Crippen molar-refractivity contribution in [2.45, 2.75) is 13.3 Å². The van der Waals surface area contributed by atoms with Crippen molar-refractivity contribution in [2.24, 2.45) is 10.7 Å². The number of para-hydroxylation sites is 2. The molecular weight excluding hydrogens is 280 g/mol. The fourth-order valence-electron chi connectivity index (χ4n) is 2.13. The lowest BCUT2D eigenvalue weighted by atomic mass is 10.2. The van der Waals surface area contributed by atoms with Gasteiger partial charge in [0.25, 0.3) is 5.91 Å². The van der Waals surface area contributed by atoms with Crippen LogP contribution in [0.25, 0.3) is 0 Å². The van der Waals surface area contributed by atoms with Gasteiger partial charge in [-0.05, 0) is 25.5 Å². The third-order valence-corrected chi connectivity index (χ3v) is 3.19. The molecule has 2 rings (SSSR count). The Bertz CT molecular complexity index is 583. The summed E-state index contributed by atoms with van der Waals surface area (Å²) in [6.45, 7) is 7.54. The first-order valence-electron chi connectivity index (χ1n) is 7.28. The van der Waals surface area contributed by atoms with E-state index in [1.165, 1.54) is 0 Å². The van der Waals surface area contributed by atoms with E-state index in [9.17, 15) is 4.79 Å². The Labute approximate surface area is 130 Å². The van der Waals surface area contributed by atoms with Gasteiger partial charge in [0.15, 0.2) is 12.6 Å². The molecule has 118 valence electrons. The Morgan fingerprint density at radius 2 is 2.27 bits per heavy atom. The maximum absolute atomic E-state index is 12.0. The fraction of sp³-hybridized carbons (Fsp3) is 0.375. The maximum atomic E-state index is 12.0. The minimum absolute atomic E-state index is 0.0254. The van der Waals surface area contributed by atoms with Gasteiger partial charge in [-0.1, -0.05) is 24.3 Å². The number of carbonyl (C=O) groups excluding carboxylic acids is 1. The number of hydrogen-bond donors (Lipinski definition) is 2. The van der Waals surface area contributed by atoms with Crippen LogP contribution in [0.4, 0.5) is 5.69 Å². The average molecular weight is 302 g/mol. The van der Waals surface area contributed by atoms with Crippen molar-refractivity contribution in [3.05, 3.63) is 36.4 Å². The molecule has 3 N–H and O–H groups in total. The largest absolute Gasteiger partial charge is 0.482 e. The Hall–Kier alpha value is -2.50. The van der Waals surface area contributed by atoms with Crippen LogP contribution in [-0.4, -0.2) is 38.1 Å². The number of guanidine groups is 1. The Kier molecular flexibility index (Phi) is 5.41. The number of fused-ring (bicyclic) bond motifs is 1. The van der Waals surface area contributed by atoms with E-state index in [4.69, 9.17) is 10.5 Å². The van der Waals surface area contributed by atoms with Gasteiger partial charge in [0.1, 0.15) is 5.75 Å². The number of ether oxygens (including phenoxy) is 1. The summed E-state index contributed by atoms with van der Waals surface area (Å²) in [5.74, 6) is 1.12. The fourth-order valence-corrected chi connectivity index (χ4v) is 2.13. The molecule has 0 aliphatic carbocycles. The summed E-state index contributed by atoms with van der Waals surface area (Å²) in [5, 5.41) is 3.03. The van der Waals surface area contributed by atoms with Gasteiger partial charge < -0.3 is 20.7 Å². The Balaban J connectivity index is 1.83. The summed E-state index contributed by atoms with van der Waals surface area (Å²) in [7, 11) is 0. The molecule has 1 aliphatic rings. The van der Waals surface area contributed by atoms with Gasteiger partial charge in [-0.2, -0.15) is 0 Å². The Morgan fingerprint density at radius 1 is 1.50 bits per heavy atom. The van der Waals surface area contributed by atoms with Crippen LogP contribution in [0.15, 0.2) is 41.4 Å². The standard InChI is InChI=1S/C16H22N4O2/c1-12(2)10-19-16(17)18-8-5-9-20-13-6-3-4-7-14(13)22-11-15(20)21/h3-4,6-7H,1,5,8-11H2,2H3,(H3,17,18,19). The summed E-state index contributed by atoms with van der Waals surface area (Å²) < 4.78 is 5.41.